The summed E-state index contributed by atoms with van der Waals surface area (Å²) in [5, 5.41) is -0.472. The summed E-state index contributed by atoms with van der Waals surface area (Å²) in [6, 6.07) is 19.1. The minimum atomic E-state index is -3.49. The number of sulfonamides is 1. The molecule has 5 heteroatoms. The van der Waals surface area contributed by atoms with Gasteiger partial charge < -0.3 is 0 Å². The zero-order valence-electron chi connectivity index (χ0n) is 10.7. The van der Waals surface area contributed by atoms with E-state index >= 15 is 0 Å². The van der Waals surface area contributed by atoms with E-state index in [9.17, 15) is 8.42 Å². The first-order valence-corrected chi connectivity index (χ1v) is 8.18. The van der Waals surface area contributed by atoms with Crippen molar-refractivity contribution >= 4 is 27.2 Å². The molecule has 2 rings (SSSR count). The van der Waals surface area contributed by atoms with E-state index in [1.807, 2.05) is 60.7 Å². The Hall–Kier alpha value is -1.78. The molecule has 0 spiro atoms. The molecule has 104 valence electrons. The van der Waals surface area contributed by atoms with E-state index in [0.29, 0.717) is 0 Å². The Morgan fingerprint density at radius 2 is 1.40 bits per heavy atom. The minimum Gasteiger partial charge on any atom is -0.289 e. The van der Waals surface area contributed by atoms with Crippen molar-refractivity contribution in [3.63, 3.8) is 0 Å². The van der Waals surface area contributed by atoms with Crippen LogP contribution in [0.25, 0.3) is 5.57 Å². The van der Waals surface area contributed by atoms with E-state index in [1.165, 1.54) is 6.20 Å². The summed E-state index contributed by atoms with van der Waals surface area (Å²) >= 11 is 5.39. The van der Waals surface area contributed by atoms with Crippen molar-refractivity contribution in [2.45, 2.75) is 0 Å². The largest absolute Gasteiger partial charge is 0.289 e. The standard InChI is InChI=1S/C15H14ClNO2S/c16-12-20(18,19)17-11-15(13-7-3-1-4-8-13)14-9-5-2-6-10-14/h1-11,17H,12H2. The predicted octanol–water partition coefficient (Wildman–Crippen LogP) is 3.19. The van der Waals surface area contributed by atoms with Crippen LogP contribution < -0.4 is 4.72 Å². The molecule has 20 heavy (non-hydrogen) atoms. The highest BCUT2D eigenvalue weighted by Crippen LogP contribution is 2.22. The van der Waals surface area contributed by atoms with Crippen LogP contribution in [0.1, 0.15) is 11.1 Å². The van der Waals surface area contributed by atoms with Gasteiger partial charge in [0, 0.05) is 11.8 Å². The maximum Gasteiger partial charge on any atom is 0.246 e. The van der Waals surface area contributed by atoms with Crippen LogP contribution in [-0.4, -0.2) is 13.6 Å². The Morgan fingerprint density at radius 3 is 1.80 bits per heavy atom. The van der Waals surface area contributed by atoms with Gasteiger partial charge in [-0.3, -0.25) is 4.72 Å². The molecule has 0 heterocycles. The summed E-state index contributed by atoms with van der Waals surface area (Å²) in [7, 11) is -3.49. The van der Waals surface area contributed by atoms with Crippen molar-refractivity contribution in [1.82, 2.24) is 4.72 Å². The highest BCUT2D eigenvalue weighted by molar-refractivity contribution is 7.90. The zero-order valence-corrected chi connectivity index (χ0v) is 12.2. The van der Waals surface area contributed by atoms with E-state index in [4.69, 9.17) is 11.6 Å². The second-order valence-corrected chi connectivity index (χ2v) is 6.47. The van der Waals surface area contributed by atoms with E-state index in [1.54, 1.807) is 0 Å². The summed E-state index contributed by atoms with van der Waals surface area (Å²) in [5.74, 6) is 0. The van der Waals surface area contributed by atoms with Crippen LogP contribution in [0, 0.1) is 0 Å². The lowest BCUT2D eigenvalue weighted by molar-refractivity contribution is 0.595. The molecule has 0 saturated heterocycles. The third-order valence-electron chi connectivity index (χ3n) is 2.70. The van der Waals surface area contributed by atoms with Crippen LogP contribution in [0.5, 0.6) is 0 Å². The van der Waals surface area contributed by atoms with Crippen LogP contribution in [0.2, 0.25) is 0 Å². The number of halogens is 1. The lowest BCUT2D eigenvalue weighted by Gasteiger charge is -2.09. The van der Waals surface area contributed by atoms with Gasteiger partial charge in [0.1, 0.15) is 5.21 Å². The van der Waals surface area contributed by atoms with Gasteiger partial charge in [-0.25, -0.2) is 8.42 Å². The third-order valence-corrected chi connectivity index (χ3v) is 4.32. The van der Waals surface area contributed by atoms with E-state index in [0.717, 1.165) is 16.7 Å². The van der Waals surface area contributed by atoms with E-state index in [-0.39, 0.29) is 0 Å². The second kappa shape index (κ2) is 6.59. The number of alkyl halides is 1. The summed E-state index contributed by atoms with van der Waals surface area (Å²) in [5.41, 5.74) is 2.65. The highest BCUT2D eigenvalue weighted by atomic mass is 35.5. The van der Waals surface area contributed by atoms with Crippen LogP contribution in [0.4, 0.5) is 0 Å². The lowest BCUT2D eigenvalue weighted by atomic mass is 9.99. The van der Waals surface area contributed by atoms with E-state index < -0.39 is 15.2 Å². The van der Waals surface area contributed by atoms with Gasteiger partial charge in [-0.15, -0.1) is 11.6 Å². The average Bonchev–Trinajstić information content (AvgIpc) is 2.49. The fourth-order valence-corrected chi connectivity index (χ4v) is 2.30. The smallest absolute Gasteiger partial charge is 0.246 e. The number of benzene rings is 2. The van der Waals surface area contributed by atoms with Crippen molar-refractivity contribution in [3.05, 3.63) is 78.0 Å². The van der Waals surface area contributed by atoms with Crippen LogP contribution in [0.15, 0.2) is 66.9 Å². The van der Waals surface area contributed by atoms with Gasteiger partial charge in [0.25, 0.3) is 0 Å². The highest BCUT2D eigenvalue weighted by Gasteiger charge is 2.08. The zero-order chi connectivity index (χ0) is 14.4. The lowest BCUT2D eigenvalue weighted by Crippen LogP contribution is -2.19. The topological polar surface area (TPSA) is 46.2 Å². The van der Waals surface area contributed by atoms with Gasteiger partial charge in [-0.1, -0.05) is 60.7 Å². The van der Waals surface area contributed by atoms with Gasteiger partial charge >= 0.3 is 0 Å². The van der Waals surface area contributed by atoms with Crippen molar-refractivity contribution in [3.8, 4) is 0 Å². The molecule has 2 aromatic carbocycles. The SMILES string of the molecule is O=S(=O)(CCl)NC=C(c1ccccc1)c1ccccc1. The normalized spacial score (nSPS) is 10.8. The molecule has 0 radical (unpaired) electrons. The molecule has 0 aliphatic rings. The van der Waals surface area contributed by atoms with Crippen molar-refractivity contribution in [2.24, 2.45) is 0 Å². The van der Waals surface area contributed by atoms with Crippen LogP contribution >= 0.6 is 11.6 Å². The molecule has 0 fully saturated rings. The Bertz CT molecular complexity index is 641. The molecule has 0 saturated carbocycles. The van der Waals surface area contributed by atoms with Gasteiger partial charge in [-0.05, 0) is 11.1 Å². The number of hydrogen-bond donors (Lipinski definition) is 1. The molecule has 0 aliphatic heterocycles. The fraction of sp³-hybridized carbons (Fsp3) is 0.0667. The summed E-state index contributed by atoms with van der Waals surface area (Å²) in [6.07, 6.45) is 1.47. The maximum atomic E-state index is 11.5. The Labute approximate surface area is 124 Å². The van der Waals surface area contributed by atoms with E-state index in [2.05, 4.69) is 4.72 Å². The van der Waals surface area contributed by atoms with Crippen LogP contribution in [-0.2, 0) is 10.0 Å². The summed E-state index contributed by atoms with van der Waals surface area (Å²) in [6.45, 7) is 0. The maximum absolute atomic E-state index is 11.5. The quantitative estimate of drug-likeness (QED) is 0.862. The molecular formula is C15H14ClNO2S. The monoisotopic (exact) mass is 307 g/mol. The Morgan fingerprint density at radius 1 is 0.950 bits per heavy atom. The van der Waals surface area contributed by atoms with Crippen LogP contribution in [0.3, 0.4) is 0 Å². The Balaban J connectivity index is 2.43. The van der Waals surface area contributed by atoms with Gasteiger partial charge in [-0.2, -0.15) is 0 Å². The molecular weight excluding hydrogens is 294 g/mol. The van der Waals surface area contributed by atoms with Gasteiger partial charge in [0.05, 0.1) is 0 Å². The number of hydrogen-bond acceptors (Lipinski definition) is 2. The molecule has 3 nitrogen and oxygen atoms in total. The first kappa shape index (κ1) is 14.6. The average molecular weight is 308 g/mol. The molecule has 2 aromatic rings. The molecule has 0 amide bonds. The van der Waals surface area contributed by atoms with Gasteiger partial charge in [0.2, 0.25) is 10.0 Å². The van der Waals surface area contributed by atoms with Crippen molar-refractivity contribution in [2.75, 3.05) is 5.21 Å². The van der Waals surface area contributed by atoms with Crippen molar-refractivity contribution < 1.29 is 8.42 Å². The fourth-order valence-electron chi connectivity index (χ4n) is 1.75. The minimum absolute atomic E-state index is 0.472. The molecule has 1 N–H and O–H groups in total. The molecule has 0 atom stereocenters. The summed E-state index contributed by atoms with van der Waals surface area (Å²) in [4.78, 5) is 0. The predicted molar refractivity (Wildman–Crippen MR) is 82.7 cm³/mol. The molecule has 0 aromatic heterocycles. The Kier molecular flexibility index (Phi) is 4.82. The first-order chi connectivity index (χ1) is 9.62. The van der Waals surface area contributed by atoms with Crippen molar-refractivity contribution in [1.29, 1.82) is 0 Å². The first-order valence-electron chi connectivity index (χ1n) is 5.99. The third kappa shape index (κ3) is 3.85. The number of nitrogens with one attached hydrogen (secondary N) is 1. The molecule has 0 bridgehead atoms. The number of rotatable bonds is 5. The summed E-state index contributed by atoms with van der Waals surface area (Å²) < 4.78 is 25.3. The molecule has 0 aliphatic carbocycles. The van der Waals surface area contributed by atoms with Gasteiger partial charge in [0.15, 0.2) is 0 Å². The second-order valence-electron chi connectivity index (χ2n) is 4.13. The molecule has 0 unspecified atom stereocenters.